The van der Waals surface area contributed by atoms with E-state index in [9.17, 15) is 13.2 Å². The van der Waals surface area contributed by atoms with Gasteiger partial charge in [0, 0.05) is 0 Å². The van der Waals surface area contributed by atoms with Crippen molar-refractivity contribution < 1.29 is 23.2 Å². The molecule has 0 aliphatic heterocycles. The monoisotopic (exact) mass is 143 g/mol. The first kappa shape index (κ1) is 8.73. The highest BCUT2D eigenvalue weighted by Crippen LogP contribution is 2.18. The number of hydrogen-bond acceptors (Lipinski definition) is 3. The first-order chi connectivity index (χ1) is 3.89. The molecule has 0 fully saturated rings. The van der Waals surface area contributed by atoms with Gasteiger partial charge in [0.05, 0.1) is 0 Å². The topological polar surface area (TPSA) is 66.5 Å². The van der Waals surface area contributed by atoms with Gasteiger partial charge in [0.2, 0.25) is 6.30 Å². The Bertz CT molecular complexity index is 87.8. The van der Waals surface area contributed by atoms with E-state index in [1.54, 1.807) is 0 Å². The van der Waals surface area contributed by atoms with E-state index >= 15 is 0 Å². The summed E-state index contributed by atoms with van der Waals surface area (Å²) < 4.78 is 34.8. The maximum Gasteiger partial charge on any atom is 0.533 e. The van der Waals surface area contributed by atoms with E-state index in [-0.39, 0.29) is 0 Å². The molecule has 0 radical (unpaired) electrons. The van der Waals surface area contributed by atoms with Crippen molar-refractivity contribution in [2.45, 2.75) is 12.1 Å². The fraction of sp³-hybridized carbons (Fsp3) is 1.00. The summed E-state index contributed by atoms with van der Waals surface area (Å²) in [5.41, 5.74) is 4.03. The first-order valence-corrected chi connectivity index (χ1v) is 2.02. The summed E-state index contributed by atoms with van der Waals surface area (Å²) in [4.78, 5) is 0. The van der Waals surface area contributed by atoms with Gasteiger partial charge in [0.15, 0.2) is 0 Å². The highest BCUT2D eigenvalue weighted by molar-refractivity contribution is 6.44. The van der Waals surface area contributed by atoms with E-state index in [2.05, 4.69) is 5.73 Å². The van der Waals surface area contributed by atoms with Gasteiger partial charge in [0.25, 0.3) is 0 Å². The quantitative estimate of drug-likeness (QED) is 0.339. The fourth-order valence-electron chi connectivity index (χ4n) is 0.142. The van der Waals surface area contributed by atoms with Crippen LogP contribution in [0.25, 0.3) is 0 Å². The predicted octanol–water partition coefficient (Wildman–Crippen LogP) is -1.11. The Morgan fingerprint density at radius 1 is 1.44 bits per heavy atom. The van der Waals surface area contributed by atoms with Crippen LogP contribution in [0.15, 0.2) is 0 Å². The largest absolute Gasteiger partial charge is 0.533 e. The van der Waals surface area contributed by atoms with E-state index in [0.29, 0.717) is 0 Å². The molecule has 0 amide bonds. The van der Waals surface area contributed by atoms with Gasteiger partial charge < -0.3 is 10.0 Å². The second-order valence-electron chi connectivity index (χ2n) is 1.45. The molecule has 4 N–H and O–H groups in total. The number of hydrogen-bond donors (Lipinski definition) is 3. The Kier molecular flexibility index (Phi) is 2.47. The van der Waals surface area contributed by atoms with Crippen molar-refractivity contribution in [3.8, 4) is 0 Å². The standard InChI is InChI=1S/C2H5BF3NO2/c4-1(7)2(5,6)3(8)9/h1,8-9H,7H2. The molecule has 0 spiro atoms. The van der Waals surface area contributed by atoms with Gasteiger partial charge in [-0.2, -0.15) is 0 Å². The lowest BCUT2D eigenvalue weighted by Crippen LogP contribution is -2.50. The fourth-order valence-corrected chi connectivity index (χ4v) is 0.142. The Hall–Kier alpha value is -0.265. The SMILES string of the molecule is NC(F)C(F)(F)B(O)O. The maximum absolute atomic E-state index is 11.7. The number of halogens is 3. The minimum atomic E-state index is -4.28. The lowest BCUT2D eigenvalue weighted by atomic mass is 9.80. The van der Waals surface area contributed by atoms with Crippen molar-refractivity contribution in [1.82, 2.24) is 0 Å². The van der Waals surface area contributed by atoms with Gasteiger partial charge in [-0.05, 0) is 0 Å². The van der Waals surface area contributed by atoms with Crippen LogP contribution < -0.4 is 5.73 Å². The molecule has 54 valence electrons. The molecule has 0 saturated heterocycles. The van der Waals surface area contributed by atoms with Crippen LogP contribution in [0, 0.1) is 0 Å². The van der Waals surface area contributed by atoms with E-state index in [4.69, 9.17) is 10.0 Å². The average Bonchev–Trinajstić information content (AvgIpc) is 1.65. The third-order valence-electron chi connectivity index (χ3n) is 0.712. The molecule has 1 unspecified atom stereocenters. The van der Waals surface area contributed by atoms with Gasteiger partial charge in [-0.1, -0.05) is 0 Å². The zero-order valence-corrected chi connectivity index (χ0v) is 4.26. The van der Waals surface area contributed by atoms with Crippen molar-refractivity contribution in [2.24, 2.45) is 5.73 Å². The average molecular weight is 143 g/mol. The third-order valence-corrected chi connectivity index (χ3v) is 0.712. The molecule has 3 nitrogen and oxygen atoms in total. The van der Waals surface area contributed by atoms with E-state index in [1.807, 2.05) is 0 Å². The van der Waals surface area contributed by atoms with Crippen molar-refractivity contribution in [2.75, 3.05) is 0 Å². The van der Waals surface area contributed by atoms with Crippen LogP contribution in [-0.4, -0.2) is 29.3 Å². The Balaban J connectivity index is 4.01. The molecule has 7 heteroatoms. The van der Waals surface area contributed by atoms with Crippen LogP contribution in [0.5, 0.6) is 0 Å². The highest BCUT2D eigenvalue weighted by atomic mass is 19.3. The number of alkyl halides is 3. The first-order valence-electron chi connectivity index (χ1n) is 2.02. The zero-order chi connectivity index (χ0) is 7.65. The third kappa shape index (κ3) is 1.85. The van der Waals surface area contributed by atoms with Gasteiger partial charge >= 0.3 is 12.9 Å². The molecule has 0 aliphatic carbocycles. The van der Waals surface area contributed by atoms with Crippen LogP contribution >= 0.6 is 0 Å². The van der Waals surface area contributed by atoms with Crippen LogP contribution in [0.2, 0.25) is 0 Å². The smallest absolute Gasteiger partial charge is 0.423 e. The molecule has 0 aromatic rings. The highest BCUT2D eigenvalue weighted by Gasteiger charge is 2.50. The zero-order valence-electron chi connectivity index (χ0n) is 4.26. The predicted molar refractivity (Wildman–Crippen MR) is 24.2 cm³/mol. The minimum absolute atomic E-state index is 3.04. The maximum atomic E-state index is 11.7. The van der Waals surface area contributed by atoms with Crippen LogP contribution in [0.4, 0.5) is 13.2 Å². The molecule has 0 aliphatic rings. The Labute approximate surface area is 49.4 Å². The summed E-state index contributed by atoms with van der Waals surface area (Å²) in [7, 11) is -3.04. The molecule has 0 heterocycles. The minimum Gasteiger partial charge on any atom is -0.423 e. The van der Waals surface area contributed by atoms with Gasteiger partial charge in [0.1, 0.15) is 0 Å². The van der Waals surface area contributed by atoms with Crippen LogP contribution in [0.1, 0.15) is 0 Å². The Morgan fingerprint density at radius 3 is 1.78 bits per heavy atom. The number of rotatable bonds is 2. The lowest BCUT2D eigenvalue weighted by Gasteiger charge is -2.14. The second-order valence-corrected chi connectivity index (χ2v) is 1.45. The molecule has 0 aromatic carbocycles. The summed E-state index contributed by atoms with van der Waals surface area (Å²) in [5.74, 6) is -4.28. The molecule has 0 aromatic heterocycles. The van der Waals surface area contributed by atoms with Crippen molar-refractivity contribution >= 4 is 7.12 Å². The van der Waals surface area contributed by atoms with Gasteiger partial charge in [-0.25, -0.2) is 13.2 Å². The molecule has 0 bridgehead atoms. The van der Waals surface area contributed by atoms with E-state index < -0.39 is 19.2 Å². The van der Waals surface area contributed by atoms with Crippen molar-refractivity contribution in [1.29, 1.82) is 0 Å². The van der Waals surface area contributed by atoms with E-state index in [1.165, 1.54) is 0 Å². The Morgan fingerprint density at radius 2 is 1.78 bits per heavy atom. The summed E-state index contributed by atoms with van der Waals surface area (Å²) in [6, 6.07) is 0. The molecule has 9 heavy (non-hydrogen) atoms. The second kappa shape index (κ2) is 2.55. The van der Waals surface area contributed by atoms with Gasteiger partial charge in [-0.3, -0.25) is 5.73 Å². The van der Waals surface area contributed by atoms with Gasteiger partial charge in [-0.15, -0.1) is 0 Å². The molecule has 1 atom stereocenters. The molecule has 0 rings (SSSR count). The normalized spacial score (nSPS) is 15.3. The summed E-state index contributed by atoms with van der Waals surface area (Å²) >= 11 is 0. The van der Waals surface area contributed by atoms with Crippen molar-refractivity contribution in [3.05, 3.63) is 0 Å². The summed E-state index contributed by atoms with van der Waals surface area (Å²) in [6.45, 7) is 0. The van der Waals surface area contributed by atoms with E-state index in [0.717, 1.165) is 0 Å². The summed E-state index contributed by atoms with van der Waals surface area (Å²) in [5, 5.41) is 15.5. The van der Waals surface area contributed by atoms with Crippen LogP contribution in [-0.2, 0) is 0 Å². The lowest BCUT2D eigenvalue weighted by molar-refractivity contribution is -0.0235. The number of nitrogens with two attached hydrogens (primary N) is 1. The molecular weight excluding hydrogens is 138 g/mol. The molecular formula is C2H5BF3NO2. The van der Waals surface area contributed by atoms with Crippen LogP contribution in [0.3, 0.4) is 0 Å². The van der Waals surface area contributed by atoms with Crippen molar-refractivity contribution in [3.63, 3.8) is 0 Å². The molecule has 0 saturated carbocycles. The summed E-state index contributed by atoms with van der Waals surface area (Å²) in [6.07, 6.45) is -3.04.